The second kappa shape index (κ2) is 5.94. The lowest BCUT2D eigenvalue weighted by Gasteiger charge is -2.16. The van der Waals surface area contributed by atoms with Gasteiger partial charge in [-0.25, -0.2) is 0 Å². The third-order valence-corrected chi connectivity index (χ3v) is 2.24. The van der Waals surface area contributed by atoms with Gasteiger partial charge in [0, 0.05) is 6.42 Å². The van der Waals surface area contributed by atoms with Gasteiger partial charge in [-0.2, -0.15) is 0 Å². The van der Waals surface area contributed by atoms with Crippen LogP contribution in [-0.4, -0.2) is 0 Å². The van der Waals surface area contributed by atoms with Crippen LogP contribution in [0.25, 0.3) is 0 Å². The molecule has 0 bridgehead atoms. The Morgan fingerprint density at radius 2 is 1.18 bits per heavy atom. The lowest BCUT2D eigenvalue weighted by molar-refractivity contribution is 0.116. The second-order valence-electron chi connectivity index (χ2n) is 3.56. The van der Waals surface area contributed by atoms with E-state index in [1.54, 1.807) is 0 Å². The van der Waals surface area contributed by atoms with Crippen LogP contribution in [0.4, 0.5) is 0 Å². The highest BCUT2D eigenvalue weighted by atomic mass is 16.7. The summed E-state index contributed by atoms with van der Waals surface area (Å²) >= 11 is 0. The average molecular weight is 227 g/mol. The third-order valence-electron chi connectivity index (χ3n) is 2.24. The molecule has 0 spiro atoms. The van der Waals surface area contributed by atoms with Crippen LogP contribution in [0.15, 0.2) is 60.7 Å². The smallest absolute Gasteiger partial charge is 0.329 e. The van der Waals surface area contributed by atoms with Crippen molar-refractivity contribution < 1.29 is 9.47 Å². The van der Waals surface area contributed by atoms with Gasteiger partial charge in [-0.3, -0.25) is 0 Å². The molecule has 17 heavy (non-hydrogen) atoms. The van der Waals surface area contributed by atoms with Gasteiger partial charge in [-0.1, -0.05) is 43.3 Å². The molecule has 0 amide bonds. The van der Waals surface area contributed by atoms with Gasteiger partial charge in [0.05, 0.1) is 0 Å². The van der Waals surface area contributed by atoms with Crippen molar-refractivity contribution in [2.45, 2.75) is 13.3 Å². The Hall–Kier alpha value is -1.96. The van der Waals surface area contributed by atoms with E-state index < -0.39 is 0 Å². The fourth-order valence-corrected chi connectivity index (χ4v) is 1.41. The molecular weight excluding hydrogens is 212 g/mol. The lowest BCUT2D eigenvalue weighted by Crippen LogP contribution is -2.13. The van der Waals surface area contributed by atoms with Gasteiger partial charge in [0.15, 0.2) is 0 Å². The Morgan fingerprint density at radius 3 is 1.53 bits per heavy atom. The van der Waals surface area contributed by atoms with E-state index in [2.05, 4.69) is 0 Å². The van der Waals surface area contributed by atoms with Crippen LogP contribution in [0, 0.1) is 6.29 Å². The van der Waals surface area contributed by atoms with Crippen LogP contribution in [0.3, 0.4) is 0 Å². The van der Waals surface area contributed by atoms with E-state index in [0.717, 1.165) is 11.5 Å². The van der Waals surface area contributed by atoms with Gasteiger partial charge in [-0.05, 0) is 24.3 Å². The maximum absolute atomic E-state index is 5.66. The Morgan fingerprint density at radius 1 is 0.765 bits per heavy atom. The van der Waals surface area contributed by atoms with E-state index in [-0.39, 0.29) is 0 Å². The van der Waals surface area contributed by atoms with Crippen LogP contribution < -0.4 is 9.47 Å². The SMILES string of the molecule is CC[C](Oc1ccccc1)Oc1ccccc1. The summed E-state index contributed by atoms with van der Waals surface area (Å²) in [4.78, 5) is 0. The summed E-state index contributed by atoms with van der Waals surface area (Å²) in [5.74, 6) is 1.58. The molecule has 0 aromatic heterocycles. The standard InChI is InChI=1S/C15H15O2/c1-2-15(16-13-9-5-3-6-10-13)17-14-11-7-4-8-12-14/h3-12H,2H2,1H3. The molecule has 2 rings (SSSR count). The molecule has 0 fully saturated rings. The Bertz CT molecular complexity index is 384. The first kappa shape index (κ1) is 11.5. The molecule has 0 aliphatic carbocycles. The molecule has 2 aromatic carbocycles. The largest absolute Gasteiger partial charge is 0.446 e. The summed E-state index contributed by atoms with van der Waals surface area (Å²) < 4.78 is 11.3. The number of hydrogen-bond acceptors (Lipinski definition) is 2. The van der Waals surface area contributed by atoms with E-state index in [4.69, 9.17) is 9.47 Å². The first-order chi connectivity index (χ1) is 8.38. The molecular formula is C15H15O2. The van der Waals surface area contributed by atoms with Crippen molar-refractivity contribution in [3.8, 4) is 11.5 Å². The first-order valence-electron chi connectivity index (χ1n) is 5.70. The van der Waals surface area contributed by atoms with Gasteiger partial charge in [0.1, 0.15) is 11.5 Å². The highest BCUT2D eigenvalue weighted by Gasteiger charge is 2.12. The number of benzene rings is 2. The van der Waals surface area contributed by atoms with Crippen molar-refractivity contribution >= 4 is 0 Å². The molecule has 0 saturated carbocycles. The zero-order chi connectivity index (χ0) is 11.9. The van der Waals surface area contributed by atoms with Crippen LogP contribution in [0.2, 0.25) is 0 Å². The molecule has 2 heteroatoms. The number of para-hydroxylation sites is 2. The number of rotatable bonds is 5. The summed E-state index contributed by atoms with van der Waals surface area (Å²) in [6.07, 6.45) is 1.31. The summed E-state index contributed by atoms with van der Waals surface area (Å²) in [5.41, 5.74) is 0. The minimum absolute atomic E-state index is 0.599. The van der Waals surface area contributed by atoms with Crippen molar-refractivity contribution in [2.75, 3.05) is 0 Å². The van der Waals surface area contributed by atoms with Crippen molar-refractivity contribution in [3.05, 3.63) is 67.0 Å². The molecule has 0 N–H and O–H groups in total. The molecule has 0 heterocycles. The van der Waals surface area contributed by atoms with E-state index in [1.807, 2.05) is 67.6 Å². The molecule has 0 atom stereocenters. The molecule has 1 radical (unpaired) electrons. The van der Waals surface area contributed by atoms with Gasteiger partial charge in [0.25, 0.3) is 0 Å². The second-order valence-corrected chi connectivity index (χ2v) is 3.56. The van der Waals surface area contributed by atoms with Crippen LogP contribution in [-0.2, 0) is 0 Å². The number of ether oxygens (including phenoxy) is 2. The van der Waals surface area contributed by atoms with Gasteiger partial charge in [-0.15, -0.1) is 0 Å². The molecule has 0 aliphatic rings. The van der Waals surface area contributed by atoms with Crippen molar-refractivity contribution in [3.63, 3.8) is 0 Å². The average Bonchev–Trinajstić information content (AvgIpc) is 2.40. The minimum atomic E-state index is 0.599. The molecule has 0 unspecified atom stereocenters. The first-order valence-corrected chi connectivity index (χ1v) is 5.70. The van der Waals surface area contributed by atoms with Gasteiger partial charge in [0.2, 0.25) is 0 Å². The highest BCUT2D eigenvalue weighted by molar-refractivity contribution is 5.24. The summed E-state index contributed by atoms with van der Waals surface area (Å²) in [5, 5.41) is 0. The van der Waals surface area contributed by atoms with Crippen LogP contribution in [0.5, 0.6) is 11.5 Å². The molecule has 0 aliphatic heterocycles. The zero-order valence-corrected chi connectivity index (χ0v) is 9.80. The fraction of sp³-hybridized carbons (Fsp3) is 0.133. The molecule has 2 aromatic rings. The highest BCUT2D eigenvalue weighted by Crippen LogP contribution is 2.21. The fourth-order valence-electron chi connectivity index (χ4n) is 1.41. The minimum Gasteiger partial charge on any atom is -0.446 e. The Balaban J connectivity index is 1.98. The van der Waals surface area contributed by atoms with E-state index in [0.29, 0.717) is 12.7 Å². The molecule has 0 saturated heterocycles. The van der Waals surface area contributed by atoms with Gasteiger partial charge < -0.3 is 9.47 Å². The normalized spacial score (nSPS) is 10.2. The van der Waals surface area contributed by atoms with E-state index >= 15 is 0 Å². The number of hydrogen-bond donors (Lipinski definition) is 0. The molecule has 2 nitrogen and oxygen atoms in total. The summed E-state index contributed by atoms with van der Waals surface area (Å²) in [6.45, 7) is 2.00. The Labute approximate surface area is 102 Å². The van der Waals surface area contributed by atoms with Crippen LogP contribution in [0.1, 0.15) is 13.3 Å². The summed E-state index contributed by atoms with van der Waals surface area (Å²) in [6, 6.07) is 19.3. The third kappa shape index (κ3) is 3.52. The maximum atomic E-state index is 5.66. The van der Waals surface area contributed by atoms with Gasteiger partial charge >= 0.3 is 6.29 Å². The maximum Gasteiger partial charge on any atom is 0.329 e. The van der Waals surface area contributed by atoms with E-state index in [1.165, 1.54) is 0 Å². The zero-order valence-electron chi connectivity index (χ0n) is 9.80. The van der Waals surface area contributed by atoms with Crippen molar-refractivity contribution in [2.24, 2.45) is 0 Å². The van der Waals surface area contributed by atoms with E-state index in [9.17, 15) is 0 Å². The monoisotopic (exact) mass is 227 g/mol. The van der Waals surface area contributed by atoms with Crippen molar-refractivity contribution in [1.82, 2.24) is 0 Å². The van der Waals surface area contributed by atoms with Crippen molar-refractivity contribution in [1.29, 1.82) is 0 Å². The lowest BCUT2D eigenvalue weighted by atomic mass is 10.3. The summed E-state index contributed by atoms with van der Waals surface area (Å²) in [7, 11) is 0. The molecule has 87 valence electrons. The Kier molecular flexibility index (Phi) is 4.03. The topological polar surface area (TPSA) is 18.5 Å². The predicted octanol–water partition coefficient (Wildman–Crippen LogP) is 4.04. The predicted molar refractivity (Wildman–Crippen MR) is 67.7 cm³/mol. The quantitative estimate of drug-likeness (QED) is 0.767. The van der Waals surface area contributed by atoms with Crippen LogP contribution >= 0.6 is 0 Å².